The number of aryl methyl sites for hydroxylation is 2. The molecule has 0 radical (unpaired) electrons. The van der Waals surface area contributed by atoms with Gasteiger partial charge in [0.05, 0.1) is 11.3 Å². The van der Waals surface area contributed by atoms with Crippen LogP contribution in [0.1, 0.15) is 48.4 Å². The fourth-order valence-corrected chi connectivity index (χ4v) is 1.73. The predicted molar refractivity (Wildman–Crippen MR) is 67.9 cm³/mol. The molecule has 0 aliphatic carbocycles. The molecule has 0 aliphatic heterocycles. The Kier molecular flexibility index (Phi) is 4.28. The van der Waals surface area contributed by atoms with Crippen molar-refractivity contribution in [3.8, 4) is 0 Å². The fraction of sp³-hybridized carbons (Fsp3) is 0.667. The molecule has 1 amide bonds. The zero-order valence-corrected chi connectivity index (χ0v) is 11.1. The monoisotopic (exact) mass is 238 g/mol. The van der Waals surface area contributed by atoms with Gasteiger partial charge in [-0.15, -0.1) is 0 Å². The van der Waals surface area contributed by atoms with Crippen LogP contribution in [0.3, 0.4) is 0 Å². The number of carbonyl (C=O) groups excluding carboxylic acids is 1. The van der Waals surface area contributed by atoms with Gasteiger partial charge >= 0.3 is 0 Å². The molecular formula is C12H22N4O. The number of aromatic nitrogens is 2. The number of hydrogen-bond donors (Lipinski definition) is 3. The number of carbonyl (C=O) groups is 1. The number of nitrogens with two attached hydrogens (primary N) is 1. The second-order valence-corrected chi connectivity index (χ2v) is 4.56. The first-order valence-corrected chi connectivity index (χ1v) is 6.02. The van der Waals surface area contributed by atoms with Gasteiger partial charge in [0.15, 0.2) is 0 Å². The van der Waals surface area contributed by atoms with Crippen LogP contribution in [-0.4, -0.2) is 28.2 Å². The summed E-state index contributed by atoms with van der Waals surface area (Å²) in [5, 5.41) is 9.69. The fourth-order valence-electron chi connectivity index (χ4n) is 1.73. The van der Waals surface area contributed by atoms with Crippen molar-refractivity contribution < 1.29 is 4.79 Å². The van der Waals surface area contributed by atoms with E-state index in [1.54, 1.807) is 0 Å². The first-order chi connectivity index (χ1) is 7.93. The summed E-state index contributed by atoms with van der Waals surface area (Å²) in [6.07, 6.45) is 1.68. The molecule has 0 aliphatic rings. The number of nitrogens with zero attached hydrogens (tertiary/aromatic N) is 1. The van der Waals surface area contributed by atoms with E-state index < -0.39 is 0 Å². The van der Waals surface area contributed by atoms with Crippen molar-refractivity contribution in [2.45, 2.75) is 46.1 Å². The Hall–Kier alpha value is -1.36. The molecule has 5 nitrogen and oxygen atoms in total. The molecule has 1 rings (SSSR count). The van der Waals surface area contributed by atoms with E-state index in [1.165, 1.54) is 0 Å². The Morgan fingerprint density at radius 2 is 2.00 bits per heavy atom. The summed E-state index contributed by atoms with van der Waals surface area (Å²) in [7, 11) is 0. The van der Waals surface area contributed by atoms with Gasteiger partial charge in [0.1, 0.15) is 0 Å². The molecule has 1 aromatic rings. The maximum atomic E-state index is 12.0. The van der Waals surface area contributed by atoms with Crippen LogP contribution in [0.2, 0.25) is 0 Å². The summed E-state index contributed by atoms with van der Waals surface area (Å²) in [6, 6.07) is 0. The van der Waals surface area contributed by atoms with Gasteiger partial charge < -0.3 is 11.1 Å². The Balaban J connectivity index is 2.68. The van der Waals surface area contributed by atoms with E-state index in [2.05, 4.69) is 15.5 Å². The summed E-state index contributed by atoms with van der Waals surface area (Å²) in [4.78, 5) is 12.0. The van der Waals surface area contributed by atoms with Gasteiger partial charge in [-0.3, -0.25) is 9.89 Å². The highest BCUT2D eigenvalue weighted by Crippen LogP contribution is 2.12. The molecule has 0 spiro atoms. The van der Waals surface area contributed by atoms with E-state index in [9.17, 15) is 4.79 Å². The van der Waals surface area contributed by atoms with Gasteiger partial charge in [0, 0.05) is 17.8 Å². The lowest BCUT2D eigenvalue weighted by Crippen LogP contribution is -2.49. The molecule has 0 fully saturated rings. The average Bonchev–Trinajstić information content (AvgIpc) is 2.66. The van der Waals surface area contributed by atoms with Gasteiger partial charge in [0.25, 0.3) is 5.91 Å². The second kappa shape index (κ2) is 5.31. The van der Waals surface area contributed by atoms with Crippen LogP contribution in [0.5, 0.6) is 0 Å². The number of rotatable bonds is 5. The van der Waals surface area contributed by atoms with E-state index >= 15 is 0 Å². The van der Waals surface area contributed by atoms with Crippen molar-refractivity contribution in [3.63, 3.8) is 0 Å². The third kappa shape index (κ3) is 3.06. The highest BCUT2D eigenvalue weighted by Gasteiger charge is 2.22. The zero-order valence-electron chi connectivity index (χ0n) is 11.1. The van der Waals surface area contributed by atoms with E-state index in [1.807, 2.05) is 27.7 Å². The molecule has 4 N–H and O–H groups in total. The molecule has 5 heteroatoms. The number of hydrogen-bond acceptors (Lipinski definition) is 3. The third-order valence-electron chi connectivity index (χ3n) is 3.36. The van der Waals surface area contributed by atoms with E-state index in [0.717, 1.165) is 24.2 Å². The van der Waals surface area contributed by atoms with Crippen molar-refractivity contribution in [3.05, 3.63) is 17.0 Å². The third-order valence-corrected chi connectivity index (χ3v) is 3.36. The van der Waals surface area contributed by atoms with Gasteiger partial charge in [-0.25, -0.2) is 0 Å². The van der Waals surface area contributed by atoms with Crippen LogP contribution in [0.25, 0.3) is 0 Å². The van der Waals surface area contributed by atoms with Crippen molar-refractivity contribution in [2.75, 3.05) is 6.54 Å². The average molecular weight is 238 g/mol. The molecule has 1 aromatic heterocycles. The quantitative estimate of drug-likeness (QED) is 0.722. The Labute approximate surface area is 102 Å². The highest BCUT2D eigenvalue weighted by atomic mass is 16.1. The number of nitrogens with one attached hydrogen (secondary N) is 2. The minimum absolute atomic E-state index is 0.106. The summed E-state index contributed by atoms with van der Waals surface area (Å²) < 4.78 is 0. The first kappa shape index (κ1) is 13.7. The summed E-state index contributed by atoms with van der Waals surface area (Å²) in [5.41, 5.74) is 7.95. The summed E-state index contributed by atoms with van der Waals surface area (Å²) in [6.45, 7) is 8.20. The maximum absolute atomic E-state index is 12.0. The van der Waals surface area contributed by atoms with Gasteiger partial charge in [-0.05, 0) is 26.7 Å². The standard InChI is InChI=1S/C12H22N4O/c1-5-12(13,6-2)7-14-11(17)10-8(3)15-16-9(10)4/h5-7,13H2,1-4H3,(H,14,17)(H,15,16). The summed E-state index contributed by atoms with van der Waals surface area (Å²) >= 11 is 0. The topological polar surface area (TPSA) is 83.8 Å². The van der Waals surface area contributed by atoms with Gasteiger partial charge in [-0.2, -0.15) is 5.10 Å². The highest BCUT2D eigenvalue weighted by molar-refractivity contribution is 5.96. The summed E-state index contributed by atoms with van der Waals surface area (Å²) in [5.74, 6) is -0.106. The zero-order chi connectivity index (χ0) is 13.1. The molecule has 17 heavy (non-hydrogen) atoms. The van der Waals surface area contributed by atoms with Crippen molar-refractivity contribution in [2.24, 2.45) is 5.73 Å². The molecule has 0 unspecified atom stereocenters. The lowest BCUT2D eigenvalue weighted by molar-refractivity contribution is 0.0941. The van der Waals surface area contributed by atoms with Crippen molar-refractivity contribution >= 4 is 5.91 Å². The first-order valence-electron chi connectivity index (χ1n) is 6.02. The molecule has 0 bridgehead atoms. The van der Waals surface area contributed by atoms with Crippen LogP contribution >= 0.6 is 0 Å². The largest absolute Gasteiger partial charge is 0.350 e. The number of aromatic amines is 1. The number of amides is 1. The lowest BCUT2D eigenvalue weighted by atomic mass is 9.94. The van der Waals surface area contributed by atoms with Gasteiger partial charge in [-0.1, -0.05) is 13.8 Å². The Bertz CT molecular complexity index is 374. The number of H-pyrrole nitrogens is 1. The molecule has 96 valence electrons. The Morgan fingerprint density at radius 3 is 2.41 bits per heavy atom. The lowest BCUT2D eigenvalue weighted by Gasteiger charge is -2.26. The Morgan fingerprint density at radius 1 is 1.41 bits per heavy atom. The maximum Gasteiger partial charge on any atom is 0.255 e. The normalized spacial score (nSPS) is 11.6. The van der Waals surface area contributed by atoms with Crippen molar-refractivity contribution in [1.29, 1.82) is 0 Å². The van der Waals surface area contributed by atoms with E-state index in [0.29, 0.717) is 12.1 Å². The SMILES string of the molecule is CCC(N)(CC)CNC(=O)c1c(C)n[nH]c1C. The predicted octanol–water partition coefficient (Wildman–Crippen LogP) is 1.27. The van der Waals surface area contributed by atoms with Crippen LogP contribution in [0.15, 0.2) is 0 Å². The molecule has 0 atom stereocenters. The molecular weight excluding hydrogens is 216 g/mol. The minimum Gasteiger partial charge on any atom is -0.350 e. The van der Waals surface area contributed by atoms with Crippen LogP contribution in [0.4, 0.5) is 0 Å². The van der Waals surface area contributed by atoms with Crippen LogP contribution in [-0.2, 0) is 0 Å². The van der Waals surface area contributed by atoms with E-state index in [4.69, 9.17) is 5.73 Å². The molecule has 0 saturated heterocycles. The minimum atomic E-state index is -0.318. The van der Waals surface area contributed by atoms with Crippen LogP contribution in [0, 0.1) is 13.8 Å². The van der Waals surface area contributed by atoms with Gasteiger partial charge in [0.2, 0.25) is 0 Å². The van der Waals surface area contributed by atoms with Crippen molar-refractivity contribution in [1.82, 2.24) is 15.5 Å². The molecule has 0 aromatic carbocycles. The smallest absolute Gasteiger partial charge is 0.255 e. The molecule has 0 saturated carbocycles. The van der Waals surface area contributed by atoms with Crippen LogP contribution < -0.4 is 11.1 Å². The van der Waals surface area contributed by atoms with E-state index in [-0.39, 0.29) is 11.4 Å². The second-order valence-electron chi connectivity index (χ2n) is 4.56. The molecule has 1 heterocycles.